The first-order chi connectivity index (χ1) is 5.88. The second-order valence-corrected chi connectivity index (χ2v) is 3.95. The monoisotopic (exact) mass is 181 g/mol. The quantitative estimate of drug-likeness (QED) is 0.680. The minimum Gasteiger partial charge on any atom is -0.354 e. The minimum atomic E-state index is -0.286. The molecular formula is C9H13N2O2. The predicted octanol–water partition coefficient (Wildman–Crippen LogP) is 1.69. The van der Waals surface area contributed by atoms with Crippen LogP contribution in [0.4, 0.5) is 0 Å². The van der Waals surface area contributed by atoms with Gasteiger partial charge in [-0.1, -0.05) is 0 Å². The number of aromatic amines is 1. The molecule has 2 N–H and O–H groups in total. The van der Waals surface area contributed by atoms with Crippen molar-refractivity contribution in [2.45, 2.75) is 26.3 Å². The van der Waals surface area contributed by atoms with Crippen molar-refractivity contribution < 1.29 is 9.90 Å². The Morgan fingerprint density at radius 3 is 2.46 bits per heavy atom. The summed E-state index contributed by atoms with van der Waals surface area (Å²) in [6.45, 7) is 5.64. The normalized spacial score (nSPS) is 11.3. The minimum absolute atomic E-state index is 0.181. The highest BCUT2D eigenvalue weighted by Gasteiger charge is 2.16. The highest BCUT2D eigenvalue weighted by atomic mass is 16.3. The van der Waals surface area contributed by atoms with E-state index in [-0.39, 0.29) is 17.2 Å². The lowest BCUT2D eigenvalue weighted by Crippen LogP contribution is -2.40. The number of carbonyl (C=O) groups excluding carboxylic acids is 1. The maximum Gasteiger partial charge on any atom is 0.268 e. The summed E-state index contributed by atoms with van der Waals surface area (Å²) in [5, 5.41) is 13.5. The number of nitrogens with one attached hydrogen (secondary N) is 2. The lowest BCUT2D eigenvalue weighted by atomic mass is 10.1. The van der Waals surface area contributed by atoms with Crippen molar-refractivity contribution in [1.82, 2.24) is 10.3 Å². The van der Waals surface area contributed by atoms with Crippen LogP contribution in [0.5, 0.6) is 5.75 Å². The Morgan fingerprint density at radius 2 is 2.08 bits per heavy atom. The van der Waals surface area contributed by atoms with Gasteiger partial charge in [-0.2, -0.15) is 0 Å². The second-order valence-electron chi connectivity index (χ2n) is 3.95. The van der Waals surface area contributed by atoms with Crippen LogP contribution in [-0.4, -0.2) is 16.4 Å². The molecule has 1 heterocycles. The molecule has 1 radical (unpaired) electrons. The van der Waals surface area contributed by atoms with Gasteiger partial charge >= 0.3 is 0 Å². The van der Waals surface area contributed by atoms with Crippen LogP contribution in [0.1, 0.15) is 31.3 Å². The summed E-state index contributed by atoms with van der Waals surface area (Å²) >= 11 is 0. The van der Waals surface area contributed by atoms with E-state index in [4.69, 9.17) is 0 Å². The van der Waals surface area contributed by atoms with E-state index in [1.807, 2.05) is 20.8 Å². The summed E-state index contributed by atoms with van der Waals surface area (Å²) in [6.07, 6.45) is 1.26. The molecule has 0 aromatic carbocycles. The van der Waals surface area contributed by atoms with Gasteiger partial charge in [-0.05, 0) is 20.8 Å². The summed E-state index contributed by atoms with van der Waals surface area (Å²) in [7, 11) is 0. The lowest BCUT2D eigenvalue weighted by molar-refractivity contribution is 0.0915. The van der Waals surface area contributed by atoms with Gasteiger partial charge in [0.25, 0.3) is 5.91 Å². The fourth-order valence-electron chi connectivity index (χ4n) is 0.913. The Morgan fingerprint density at radius 1 is 1.46 bits per heavy atom. The predicted molar refractivity (Wildman–Crippen MR) is 48.1 cm³/mol. The van der Waals surface area contributed by atoms with Crippen molar-refractivity contribution in [3.05, 3.63) is 18.0 Å². The van der Waals surface area contributed by atoms with Crippen molar-refractivity contribution in [2.75, 3.05) is 0 Å². The molecule has 4 heteroatoms. The highest BCUT2D eigenvalue weighted by Crippen LogP contribution is 2.11. The summed E-state index contributed by atoms with van der Waals surface area (Å²) in [4.78, 5) is 14.0. The third kappa shape index (κ3) is 2.82. The van der Waals surface area contributed by atoms with Crippen molar-refractivity contribution in [2.24, 2.45) is 0 Å². The van der Waals surface area contributed by atoms with Gasteiger partial charge < -0.3 is 10.3 Å². The fraction of sp³-hybridized carbons (Fsp3) is 0.444. The summed E-state index contributed by atoms with van der Waals surface area (Å²) in [6, 6.07) is 1.28. The van der Waals surface area contributed by atoms with Crippen LogP contribution in [0.2, 0.25) is 0 Å². The molecule has 0 unspecified atom stereocenters. The van der Waals surface area contributed by atoms with Crippen LogP contribution in [-0.2, 0) is 5.11 Å². The number of carbonyl (C=O) groups is 1. The van der Waals surface area contributed by atoms with E-state index in [9.17, 15) is 9.90 Å². The lowest BCUT2D eigenvalue weighted by Gasteiger charge is -2.19. The third-order valence-electron chi connectivity index (χ3n) is 1.39. The van der Waals surface area contributed by atoms with Crippen molar-refractivity contribution >= 4 is 5.91 Å². The van der Waals surface area contributed by atoms with Crippen LogP contribution in [0.3, 0.4) is 0 Å². The van der Waals surface area contributed by atoms with Crippen molar-refractivity contribution in [3.8, 4) is 5.75 Å². The molecule has 4 nitrogen and oxygen atoms in total. The first-order valence-corrected chi connectivity index (χ1v) is 4.06. The van der Waals surface area contributed by atoms with Gasteiger partial charge in [0.2, 0.25) is 0 Å². The Hall–Kier alpha value is -1.45. The Bertz CT molecular complexity index is 310. The molecule has 13 heavy (non-hydrogen) atoms. The number of rotatable bonds is 1. The van der Waals surface area contributed by atoms with Crippen LogP contribution >= 0.6 is 0 Å². The molecule has 1 rings (SSSR count). The summed E-state index contributed by atoms with van der Waals surface area (Å²) < 4.78 is 0. The molecule has 0 aliphatic carbocycles. The Labute approximate surface area is 77.0 Å². The van der Waals surface area contributed by atoms with E-state index in [1.54, 1.807) is 0 Å². The van der Waals surface area contributed by atoms with Gasteiger partial charge in [0.1, 0.15) is 5.69 Å². The van der Waals surface area contributed by atoms with Crippen molar-refractivity contribution in [1.29, 1.82) is 0 Å². The molecule has 0 fully saturated rings. The van der Waals surface area contributed by atoms with E-state index in [0.717, 1.165) is 0 Å². The average molecular weight is 181 g/mol. The number of amides is 1. The highest BCUT2D eigenvalue weighted by molar-refractivity contribution is 5.93. The first-order valence-electron chi connectivity index (χ1n) is 4.06. The second kappa shape index (κ2) is 3.12. The SMILES string of the molecule is CC(C)(C)NC(=O)c1cc([O])c[nH]1. The van der Waals surface area contributed by atoms with Crippen LogP contribution in [0.25, 0.3) is 0 Å². The molecule has 0 spiro atoms. The zero-order valence-corrected chi connectivity index (χ0v) is 7.97. The van der Waals surface area contributed by atoms with Gasteiger partial charge in [-0.15, -0.1) is 0 Å². The molecule has 71 valence electrons. The van der Waals surface area contributed by atoms with Gasteiger partial charge in [-0.25, -0.2) is 0 Å². The first kappa shape index (κ1) is 9.64. The maximum atomic E-state index is 11.4. The van der Waals surface area contributed by atoms with Crippen LogP contribution in [0.15, 0.2) is 12.3 Å². The van der Waals surface area contributed by atoms with E-state index in [2.05, 4.69) is 10.3 Å². The molecular weight excluding hydrogens is 168 g/mol. The smallest absolute Gasteiger partial charge is 0.268 e. The molecule has 0 bridgehead atoms. The Kier molecular flexibility index (Phi) is 2.32. The molecule has 0 saturated carbocycles. The number of hydrogen-bond acceptors (Lipinski definition) is 1. The zero-order valence-electron chi connectivity index (χ0n) is 7.97. The Balaban J connectivity index is 2.70. The molecule has 0 aliphatic heterocycles. The van der Waals surface area contributed by atoms with E-state index < -0.39 is 0 Å². The summed E-state index contributed by atoms with van der Waals surface area (Å²) in [5.41, 5.74) is 0.0190. The van der Waals surface area contributed by atoms with E-state index in [0.29, 0.717) is 5.69 Å². The molecule has 1 aromatic heterocycles. The van der Waals surface area contributed by atoms with Crippen LogP contribution in [0, 0.1) is 0 Å². The standard InChI is InChI=1S/C9H13N2O2/c1-9(2,3)11-8(13)7-4-6(12)5-10-7/h4-5,10H,1-3H3,(H,11,13). The largest absolute Gasteiger partial charge is 0.354 e. The summed E-state index contributed by atoms with van der Waals surface area (Å²) in [5.74, 6) is -0.436. The van der Waals surface area contributed by atoms with Crippen LogP contribution < -0.4 is 5.32 Å². The average Bonchev–Trinajstić information content (AvgIpc) is 2.31. The van der Waals surface area contributed by atoms with Gasteiger partial charge in [0.05, 0.1) is 0 Å². The maximum absolute atomic E-state index is 11.4. The third-order valence-corrected chi connectivity index (χ3v) is 1.39. The zero-order chi connectivity index (χ0) is 10.1. The van der Waals surface area contributed by atoms with Gasteiger partial charge in [0.15, 0.2) is 5.75 Å². The molecule has 1 aromatic rings. The number of aromatic nitrogens is 1. The number of H-pyrrole nitrogens is 1. The van der Waals surface area contributed by atoms with Gasteiger partial charge in [0, 0.05) is 17.8 Å². The van der Waals surface area contributed by atoms with E-state index in [1.165, 1.54) is 12.3 Å². The molecule has 0 atom stereocenters. The van der Waals surface area contributed by atoms with Crippen molar-refractivity contribution in [3.63, 3.8) is 0 Å². The van der Waals surface area contributed by atoms with E-state index >= 15 is 0 Å². The fourth-order valence-corrected chi connectivity index (χ4v) is 0.913. The molecule has 0 saturated heterocycles. The molecule has 1 amide bonds. The molecule has 0 aliphatic rings. The topological polar surface area (TPSA) is 64.8 Å². The number of hydrogen-bond donors (Lipinski definition) is 2. The van der Waals surface area contributed by atoms with Gasteiger partial charge in [-0.3, -0.25) is 9.90 Å².